The molecule has 6 heteroatoms. The first-order chi connectivity index (χ1) is 12.2. The van der Waals surface area contributed by atoms with Crippen LogP contribution in [0.25, 0.3) is 0 Å². The minimum absolute atomic E-state index is 0.0951. The van der Waals surface area contributed by atoms with Gasteiger partial charge in [0.25, 0.3) is 0 Å². The van der Waals surface area contributed by atoms with Gasteiger partial charge >= 0.3 is 6.03 Å². The van der Waals surface area contributed by atoms with Gasteiger partial charge in [-0.05, 0) is 61.4 Å². The van der Waals surface area contributed by atoms with Crippen LogP contribution in [-0.4, -0.2) is 32.4 Å². The molecular weight excluding hydrogens is 320 g/mol. The minimum Gasteiger partial charge on any atom is -0.497 e. The number of carbonyl (C=O) groups excluding carboxylic acids is 1. The molecule has 0 saturated heterocycles. The van der Waals surface area contributed by atoms with E-state index in [1.807, 2.05) is 49.4 Å². The second-order valence-corrected chi connectivity index (χ2v) is 5.74. The van der Waals surface area contributed by atoms with Gasteiger partial charge in [0, 0.05) is 5.69 Å². The molecule has 3 rings (SSSR count). The Morgan fingerprint density at radius 3 is 2.68 bits per heavy atom. The summed E-state index contributed by atoms with van der Waals surface area (Å²) in [5.74, 6) is 2.40. The van der Waals surface area contributed by atoms with Crippen molar-refractivity contribution in [1.29, 1.82) is 0 Å². The third kappa shape index (κ3) is 4.35. The summed E-state index contributed by atoms with van der Waals surface area (Å²) in [6.07, 6.45) is 0.698. The van der Waals surface area contributed by atoms with Crippen molar-refractivity contribution in [3.63, 3.8) is 0 Å². The van der Waals surface area contributed by atoms with Gasteiger partial charge in [-0.3, -0.25) is 0 Å². The molecule has 132 valence electrons. The van der Waals surface area contributed by atoms with Gasteiger partial charge in [-0.2, -0.15) is 0 Å². The first kappa shape index (κ1) is 17.0. The lowest BCUT2D eigenvalue weighted by molar-refractivity contribution is 0.222. The SMILES string of the molecule is CCOc1ccc(NC(=O)N[C@@H]2COc3ccc(OC)cc3C2)cc1. The zero-order valence-electron chi connectivity index (χ0n) is 14.4. The van der Waals surface area contributed by atoms with Gasteiger partial charge in [0.15, 0.2) is 0 Å². The molecule has 0 unspecified atom stereocenters. The topological polar surface area (TPSA) is 68.8 Å². The molecular formula is C19H22N2O4. The number of carbonyl (C=O) groups is 1. The van der Waals surface area contributed by atoms with Crippen LogP contribution in [0, 0.1) is 0 Å². The number of amides is 2. The molecule has 1 aliphatic heterocycles. The van der Waals surface area contributed by atoms with Gasteiger partial charge in [-0.15, -0.1) is 0 Å². The van der Waals surface area contributed by atoms with Crippen molar-refractivity contribution in [1.82, 2.24) is 5.32 Å². The van der Waals surface area contributed by atoms with Crippen LogP contribution in [0.1, 0.15) is 12.5 Å². The summed E-state index contributed by atoms with van der Waals surface area (Å²) in [6, 6.07) is 12.6. The average Bonchev–Trinajstić information content (AvgIpc) is 2.63. The average molecular weight is 342 g/mol. The van der Waals surface area contributed by atoms with Crippen molar-refractivity contribution < 1.29 is 19.0 Å². The molecule has 2 aromatic rings. The number of urea groups is 1. The molecule has 6 nitrogen and oxygen atoms in total. The van der Waals surface area contributed by atoms with Gasteiger partial charge in [0.1, 0.15) is 23.9 Å². The quantitative estimate of drug-likeness (QED) is 0.875. The van der Waals surface area contributed by atoms with Crippen molar-refractivity contribution in [3.05, 3.63) is 48.0 Å². The Bertz CT molecular complexity index is 731. The highest BCUT2D eigenvalue weighted by Crippen LogP contribution is 2.28. The van der Waals surface area contributed by atoms with Crippen LogP contribution in [0.4, 0.5) is 10.5 Å². The van der Waals surface area contributed by atoms with Crippen molar-refractivity contribution in [3.8, 4) is 17.2 Å². The lowest BCUT2D eigenvalue weighted by Crippen LogP contribution is -2.44. The Kier molecular flexibility index (Phi) is 5.28. The van der Waals surface area contributed by atoms with Crippen LogP contribution < -0.4 is 24.8 Å². The van der Waals surface area contributed by atoms with E-state index in [4.69, 9.17) is 14.2 Å². The van der Waals surface area contributed by atoms with Gasteiger partial charge in [0.2, 0.25) is 0 Å². The fraction of sp³-hybridized carbons (Fsp3) is 0.316. The maximum Gasteiger partial charge on any atom is 0.319 e. The molecule has 0 aliphatic carbocycles. The predicted octanol–water partition coefficient (Wildman–Crippen LogP) is 3.22. The number of hydrogen-bond donors (Lipinski definition) is 2. The Labute approximate surface area is 147 Å². The number of fused-ring (bicyclic) bond motifs is 1. The summed E-state index contributed by atoms with van der Waals surface area (Å²) in [6.45, 7) is 2.98. The van der Waals surface area contributed by atoms with E-state index in [2.05, 4.69) is 10.6 Å². The van der Waals surface area contributed by atoms with Crippen molar-refractivity contribution in [2.45, 2.75) is 19.4 Å². The molecule has 0 radical (unpaired) electrons. The fourth-order valence-electron chi connectivity index (χ4n) is 2.74. The molecule has 2 aromatic carbocycles. The summed E-state index contributed by atoms with van der Waals surface area (Å²) in [4.78, 5) is 12.2. The highest BCUT2D eigenvalue weighted by Gasteiger charge is 2.22. The van der Waals surface area contributed by atoms with Gasteiger partial charge < -0.3 is 24.8 Å². The van der Waals surface area contributed by atoms with Crippen LogP contribution in [0.2, 0.25) is 0 Å². The third-order valence-electron chi connectivity index (χ3n) is 3.93. The van der Waals surface area contributed by atoms with E-state index in [1.165, 1.54) is 0 Å². The Morgan fingerprint density at radius 2 is 1.96 bits per heavy atom. The van der Waals surface area contributed by atoms with E-state index in [0.29, 0.717) is 25.3 Å². The molecule has 0 saturated carbocycles. The molecule has 2 amide bonds. The normalized spacial score (nSPS) is 15.5. The minimum atomic E-state index is -0.260. The Balaban J connectivity index is 1.56. The second kappa shape index (κ2) is 7.79. The number of ether oxygens (including phenoxy) is 3. The molecule has 0 fully saturated rings. The molecule has 25 heavy (non-hydrogen) atoms. The third-order valence-corrected chi connectivity index (χ3v) is 3.93. The number of nitrogens with one attached hydrogen (secondary N) is 2. The van der Waals surface area contributed by atoms with Crippen LogP contribution in [0.3, 0.4) is 0 Å². The second-order valence-electron chi connectivity index (χ2n) is 5.74. The maximum atomic E-state index is 12.2. The summed E-state index contributed by atoms with van der Waals surface area (Å²) < 4.78 is 16.3. The van der Waals surface area contributed by atoms with Crippen LogP contribution in [0.5, 0.6) is 17.2 Å². The number of benzene rings is 2. The van der Waals surface area contributed by atoms with E-state index in [9.17, 15) is 4.79 Å². The van der Waals surface area contributed by atoms with E-state index in [1.54, 1.807) is 7.11 Å². The molecule has 0 bridgehead atoms. The zero-order valence-corrected chi connectivity index (χ0v) is 14.4. The number of methoxy groups -OCH3 is 1. The van der Waals surface area contributed by atoms with Crippen LogP contribution in [-0.2, 0) is 6.42 Å². The molecule has 0 spiro atoms. The summed E-state index contributed by atoms with van der Waals surface area (Å²) >= 11 is 0. The number of hydrogen-bond acceptors (Lipinski definition) is 4. The summed E-state index contributed by atoms with van der Waals surface area (Å²) in [7, 11) is 1.63. The van der Waals surface area contributed by atoms with Gasteiger partial charge in [-0.25, -0.2) is 4.79 Å². The van der Waals surface area contributed by atoms with Gasteiger partial charge in [0.05, 0.1) is 19.8 Å². The zero-order chi connectivity index (χ0) is 17.6. The largest absolute Gasteiger partial charge is 0.497 e. The molecule has 1 aliphatic rings. The highest BCUT2D eigenvalue weighted by molar-refractivity contribution is 5.89. The maximum absolute atomic E-state index is 12.2. The van der Waals surface area contributed by atoms with Crippen molar-refractivity contribution in [2.75, 3.05) is 25.6 Å². The van der Waals surface area contributed by atoms with E-state index < -0.39 is 0 Å². The van der Waals surface area contributed by atoms with Crippen molar-refractivity contribution in [2.24, 2.45) is 0 Å². The Hall–Kier alpha value is -2.89. The molecule has 1 heterocycles. The smallest absolute Gasteiger partial charge is 0.319 e. The van der Waals surface area contributed by atoms with E-state index in [-0.39, 0.29) is 12.1 Å². The monoisotopic (exact) mass is 342 g/mol. The highest BCUT2D eigenvalue weighted by atomic mass is 16.5. The molecule has 1 atom stereocenters. The first-order valence-corrected chi connectivity index (χ1v) is 8.28. The summed E-state index contributed by atoms with van der Waals surface area (Å²) in [5.41, 5.74) is 1.73. The van der Waals surface area contributed by atoms with E-state index >= 15 is 0 Å². The van der Waals surface area contributed by atoms with Crippen molar-refractivity contribution >= 4 is 11.7 Å². The standard InChI is InChI=1S/C19H22N2O4/c1-3-24-16-6-4-14(5-7-16)20-19(22)21-15-10-13-11-17(23-2)8-9-18(13)25-12-15/h4-9,11,15H,3,10,12H2,1-2H3,(H2,20,21,22)/t15-/m0/s1. The lowest BCUT2D eigenvalue weighted by Gasteiger charge is -2.26. The predicted molar refractivity (Wildman–Crippen MR) is 95.7 cm³/mol. The lowest BCUT2D eigenvalue weighted by atomic mass is 10.0. The number of rotatable bonds is 5. The molecule has 0 aromatic heterocycles. The fourth-order valence-corrected chi connectivity index (χ4v) is 2.74. The van der Waals surface area contributed by atoms with Crippen LogP contribution >= 0.6 is 0 Å². The van der Waals surface area contributed by atoms with Crippen LogP contribution in [0.15, 0.2) is 42.5 Å². The summed E-state index contributed by atoms with van der Waals surface area (Å²) in [5, 5.41) is 5.76. The number of anilines is 1. The first-order valence-electron chi connectivity index (χ1n) is 8.28. The van der Waals surface area contributed by atoms with Gasteiger partial charge in [-0.1, -0.05) is 0 Å². The Morgan fingerprint density at radius 1 is 1.20 bits per heavy atom. The van der Waals surface area contributed by atoms with E-state index in [0.717, 1.165) is 22.8 Å². The molecule has 2 N–H and O–H groups in total.